The molecule has 0 spiro atoms. The minimum atomic E-state index is 0.539. The third-order valence-corrected chi connectivity index (χ3v) is 12.8. The van der Waals surface area contributed by atoms with Gasteiger partial charge in [0.25, 0.3) is 0 Å². The van der Waals surface area contributed by atoms with E-state index in [-0.39, 0.29) is 0 Å². The van der Waals surface area contributed by atoms with Gasteiger partial charge in [0.2, 0.25) is 0 Å². The fraction of sp³-hybridized carbons (Fsp3) is 0.133. The van der Waals surface area contributed by atoms with E-state index in [2.05, 4.69) is 180 Å². The highest BCUT2D eigenvalue weighted by Gasteiger charge is 2.22. The van der Waals surface area contributed by atoms with Gasteiger partial charge in [0, 0.05) is 44.9 Å². The summed E-state index contributed by atoms with van der Waals surface area (Å²) in [6.45, 7) is 0. The first-order chi connectivity index (χ1) is 31.6. The van der Waals surface area contributed by atoms with Crippen LogP contribution in [0.1, 0.15) is 81.3 Å². The Labute approximate surface area is 376 Å². The number of fused-ring (bicyclic) bond motifs is 3. The van der Waals surface area contributed by atoms with E-state index in [9.17, 15) is 10.5 Å². The van der Waals surface area contributed by atoms with Crippen molar-refractivity contribution in [3.8, 4) is 12.1 Å². The summed E-state index contributed by atoms with van der Waals surface area (Å²) in [5.74, 6) is 0. The van der Waals surface area contributed by atoms with Crippen LogP contribution in [-0.4, -0.2) is 0 Å². The van der Waals surface area contributed by atoms with E-state index in [1.165, 1.54) is 59.3 Å². The van der Waals surface area contributed by atoms with Crippen LogP contribution in [0.4, 0.5) is 34.1 Å². The van der Waals surface area contributed by atoms with Crippen molar-refractivity contribution in [2.75, 3.05) is 9.80 Å². The lowest BCUT2D eigenvalue weighted by atomic mass is 9.90. The monoisotopic (exact) mass is 824 g/mol. The Bertz CT molecular complexity index is 2900. The molecule has 0 amide bonds. The van der Waals surface area contributed by atoms with Gasteiger partial charge in [-0.3, -0.25) is 0 Å². The van der Waals surface area contributed by atoms with E-state index in [1.807, 2.05) is 36.4 Å². The number of aryl methyl sites for hydroxylation is 2. The van der Waals surface area contributed by atoms with Crippen molar-refractivity contribution < 1.29 is 0 Å². The summed E-state index contributed by atoms with van der Waals surface area (Å²) in [4.78, 5) is 4.75. The lowest BCUT2D eigenvalue weighted by molar-refractivity contribution is 0.686. The third kappa shape index (κ3) is 8.23. The van der Waals surface area contributed by atoms with Crippen LogP contribution in [-0.2, 0) is 25.7 Å². The lowest BCUT2D eigenvalue weighted by Crippen LogP contribution is -2.15. The number of hydrogen-bond acceptors (Lipinski definition) is 4. The number of benzene rings is 8. The molecule has 0 saturated carbocycles. The first-order valence-corrected chi connectivity index (χ1v) is 22.5. The molecule has 8 aromatic carbocycles. The normalized spacial score (nSPS) is 13.3. The molecule has 0 radical (unpaired) electrons. The van der Waals surface area contributed by atoms with Gasteiger partial charge in [0.05, 0.1) is 23.3 Å². The number of nitrogens with zero attached hydrogens (tertiary/aromatic N) is 4. The molecule has 64 heavy (non-hydrogen) atoms. The molecular formula is C60H48N4. The number of nitriles is 2. The smallest absolute Gasteiger partial charge is 0.0998 e. The zero-order valence-electron chi connectivity index (χ0n) is 35.9. The summed E-state index contributed by atoms with van der Waals surface area (Å²) < 4.78 is 0. The summed E-state index contributed by atoms with van der Waals surface area (Å²) in [5.41, 5.74) is 17.7. The fourth-order valence-corrected chi connectivity index (χ4v) is 9.69. The first kappa shape index (κ1) is 40.2. The standard InChI is InChI=1S/C60H48N4/c61-41-49-37-45(27-25-43-29-33-53(34-30-43)63(51-17-3-1-4-18-51)59-23-11-15-47-13-7-9-21-55(47)59)39-57-50(42-62)38-46(40-58(49)57)28-26-44-31-35-54(36-32-44)64(52-19-5-2-6-20-52)60-24-12-16-48-14-8-10-22-56(48)60/h1-6,11-12,15-20,23-40H,7-10,13-14,21-22H2/b27-25-,28-26-. The Morgan fingerprint density at radius 1 is 0.359 bits per heavy atom. The summed E-state index contributed by atoms with van der Waals surface area (Å²) in [5, 5.41) is 22.3. The third-order valence-electron chi connectivity index (χ3n) is 12.8. The van der Waals surface area contributed by atoms with E-state index in [4.69, 9.17) is 0 Å². The van der Waals surface area contributed by atoms with E-state index in [0.29, 0.717) is 11.1 Å². The first-order valence-electron chi connectivity index (χ1n) is 22.5. The average molecular weight is 825 g/mol. The molecule has 308 valence electrons. The van der Waals surface area contributed by atoms with Gasteiger partial charge < -0.3 is 9.80 Å². The highest BCUT2D eigenvalue weighted by Crippen LogP contribution is 2.42. The van der Waals surface area contributed by atoms with Gasteiger partial charge >= 0.3 is 0 Å². The van der Waals surface area contributed by atoms with Gasteiger partial charge in [-0.05, 0) is 181 Å². The molecule has 0 bridgehead atoms. The summed E-state index contributed by atoms with van der Waals surface area (Å²) in [7, 11) is 0. The van der Waals surface area contributed by atoms with Crippen LogP contribution in [0.15, 0.2) is 170 Å². The molecular weight excluding hydrogens is 777 g/mol. The van der Waals surface area contributed by atoms with Crippen molar-refractivity contribution >= 4 is 69.2 Å². The van der Waals surface area contributed by atoms with Gasteiger partial charge in [-0.15, -0.1) is 0 Å². The number of rotatable bonds is 10. The molecule has 10 rings (SSSR count). The van der Waals surface area contributed by atoms with Crippen LogP contribution in [0.3, 0.4) is 0 Å². The molecule has 0 aliphatic heterocycles. The zero-order chi connectivity index (χ0) is 43.2. The highest BCUT2D eigenvalue weighted by molar-refractivity contribution is 5.97. The van der Waals surface area contributed by atoms with E-state index in [0.717, 1.165) is 81.5 Å². The molecule has 2 aliphatic rings. The van der Waals surface area contributed by atoms with Crippen molar-refractivity contribution in [2.45, 2.75) is 51.4 Å². The Morgan fingerprint density at radius 3 is 1.14 bits per heavy atom. The van der Waals surface area contributed by atoms with Crippen LogP contribution in [0, 0.1) is 22.7 Å². The molecule has 0 atom stereocenters. The Hall–Kier alpha value is -7.92. The van der Waals surface area contributed by atoms with Gasteiger partial charge in [0.15, 0.2) is 0 Å². The maximum Gasteiger partial charge on any atom is 0.0998 e. The molecule has 0 fully saturated rings. The molecule has 0 aromatic heterocycles. The second-order valence-corrected chi connectivity index (χ2v) is 16.9. The van der Waals surface area contributed by atoms with Gasteiger partial charge in [-0.1, -0.05) is 109 Å². The van der Waals surface area contributed by atoms with Crippen LogP contribution in [0.25, 0.3) is 35.1 Å². The average Bonchev–Trinajstić information content (AvgIpc) is 3.36. The van der Waals surface area contributed by atoms with Crippen LogP contribution in [0.2, 0.25) is 0 Å². The predicted octanol–water partition coefficient (Wildman–Crippen LogP) is 15.6. The van der Waals surface area contributed by atoms with Gasteiger partial charge in [-0.25, -0.2) is 0 Å². The van der Waals surface area contributed by atoms with Crippen LogP contribution in [0.5, 0.6) is 0 Å². The second kappa shape index (κ2) is 18.2. The van der Waals surface area contributed by atoms with Gasteiger partial charge in [-0.2, -0.15) is 10.5 Å². The van der Waals surface area contributed by atoms with Crippen LogP contribution >= 0.6 is 0 Å². The molecule has 4 heteroatoms. The molecule has 0 N–H and O–H groups in total. The van der Waals surface area contributed by atoms with Crippen molar-refractivity contribution in [3.05, 3.63) is 225 Å². The quantitative estimate of drug-likeness (QED) is 0.129. The minimum absolute atomic E-state index is 0.539. The Kier molecular flexibility index (Phi) is 11.4. The Morgan fingerprint density at radius 2 is 0.734 bits per heavy atom. The van der Waals surface area contributed by atoms with Crippen LogP contribution < -0.4 is 9.80 Å². The topological polar surface area (TPSA) is 54.1 Å². The molecule has 8 aromatic rings. The lowest BCUT2D eigenvalue weighted by Gasteiger charge is -2.30. The maximum absolute atomic E-state index is 10.4. The fourth-order valence-electron chi connectivity index (χ4n) is 9.69. The maximum atomic E-state index is 10.4. The molecule has 0 heterocycles. The largest absolute Gasteiger partial charge is 0.310 e. The predicted molar refractivity (Wildman–Crippen MR) is 267 cm³/mol. The van der Waals surface area contributed by atoms with Crippen molar-refractivity contribution in [1.29, 1.82) is 10.5 Å². The molecule has 0 unspecified atom stereocenters. The zero-order valence-corrected chi connectivity index (χ0v) is 35.9. The summed E-state index contributed by atoms with van der Waals surface area (Å²) in [6.07, 6.45) is 17.6. The van der Waals surface area contributed by atoms with E-state index < -0.39 is 0 Å². The molecule has 0 saturated heterocycles. The molecule has 2 aliphatic carbocycles. The number of para-hydroxylation sites is 2. The highest BCUT2D eigenvalue weighted by atomic mass is 15.1. The second-order valence-electron chi connectivity index (χ2n) is 16.9. The van der Waals surface area contributed by atoms with Crippen molar-refractivity contribution in [3.63, 3.8) is 0 Å². The minimum Gasteiger partial charge on any atom is -0.310 e. The SMILES string of the molecule is N#Cc1cc(/C=C\c2ccc(N(c3ccccc3)c3cccc4c3CCCC4)cc2)cc2c(C#N)cc(/C=C\c3ccc(N(c4ccccc4)c4cccc5c4CCCC5)cc3)cc12. The number of anilines is 6. The Balaban J connectivity index is 0.902. The van der Waals surface area contributed by atoms with Crippen molar-refractivity contribution in [2.24, 2.45) is 0 Å². The van der Waals surface area contributed by atoms with E-state index in [1.54, 1.807) is 0 Å². The summed E-state index contributed by atoms with van der Waals surface area (Å²) >= 11 is 0. The molecule has 4 nitrogen and oxygen atoms in total. The number of hydrogen-bond donors (Lipinski definition) is 0. The van der Waals surface area contributed by atoms with Gasteiger partial charge in [0.1, 0.15) is 0 Å². The van der Waals surface area contributed by atoms with E-state index >= 15 is 0 Å². The summed E-state index contributed by atoms with van der Waals surface area (Å²) in [6, 6.07) is 64.7. The van der Waals surface area contributed by atoms with Crippen molar-refractivity contribution in [1.82, 2.24) is 0 Å².